The number of nitro groups is 1. The fourth-order valence-electron chi connectivity index (χ4n) is 1.99. The van der Waals surface area contributed by atoms with Crippen molar-refractivity contribution in [1.82, 2.24) is 4.90 Å². The molecule has 1 N–H and O–H groups in total. The Morgan fingerprint density at radius 2 is 1.76 bits per heavy atom. The SMILES string of the molecule is O=C(O)c1cc(C(=O)N2CCS(=O)CC2)cc([N+](=O)[O-])c1. The summed E-state index contributed by atoms with van der Waals surface area (Å²) in [5.41, 5.74) is -0.804. The summed E-state index contributed by atoms with van der Waals surface area (Å²) < 4.78 is 11.3. The average Bonchev–Trinajstić information content (AvgIpc) is 2.46. The molecule has 21 heavy (non-hydrogen) atoms. The molecule has 1 aliphatic rings. The maximum absolute atomic E-state index is 12.3. The summed E-state index contributed by atoms with van der Waals surface area (Å²) in [4.78, 5) is 34.7. The fourth-order valence-corrected chi connectivity index (χ4v) is 3.04. The van der Waals surface area contributed by atoms with Crippen molar-refractivity contribution >= 4 is 28.4 Å². The predicted octanol–water partition coefficient (Wildman–Crippen LogP) is 0.498. The number of carboxylic acid groups (broad SMARTS) is 1. The highest BCUT2D eigenvalue weighted by Crippen LogP contribution is 2.19. The Bertz CT molecular complexity index is 602. The summed E-state index contributed by atoms with van der Waals surface area (Å²) in [5.74, 6) is -1.12. The molecule has 9 heteroatoms. The first-order valence-electron chi connectivity index (χ1n) is 6.05. The third-order valence-corrected chi connectivity index (χ3v) is 4.36. The number of benzene rings is 1. The minimum Gasteiger partial charge on any atom is -0.478 e. The molecule has 8 nitrogen and oxygen atoms in total. The van der Waals surface area contributed by atoms with Gasteiger partial charge in [0.15, 0.2) is 0 Å². The maximum atomic E-state index is 12.3. The highest BCUT2D eigenvalue weighted by atomic mass is 32.2. The van der Waals surface area contributed by atoms with Crippen LogP contribution in [0.1, 0.15) is 20.7 Å². The molecule has 0 aliphatic carbocycles. The molecule has 0 atom stereocenters. The number of hydrogen-bond acceptors (Lipinski definition) is 5. The van der Waals surface area contributed by atoms with E-state index < -0.39 is 33.3 Å². The van der Waals surface area contributed by atoms with Crippen LogP contribution in [0.15, 0.2) is 18.2 Å². The van der Waals surface area contributed by atoms with Crippen LogP contribution < -0.4 is 0 Å². The molecular formula is C12H12N2O6S. The summed E-state index contributed by atoms with van der Waals surface area (Å²) in [6.45, 7) is 0.576. The average molecular weight is 312 g/mol. The second-order valence-electron chi connectivity index (χ2n) is 4.47. The van der Waals surface area contributed by atoms with E-state index in [1.54, 1.807) is 0 Å². The summed E-state index contributed by atoms with van der Waals surface area (Å²) in [5, 5.41) is 19.8. The molecule has 1 amide bonds. The molecule has 0 saturated carbocycles. The van der Waals surface area contributed by atoms with E-state index in [0.717, 1.165) is 18.2 Å². The van der Waals surface area contributed by atoms with Gasteiger partial charge in [0.25, 0.3) is 11.6 Å². The van der Waals surface area contributed by atoms with Gasteiger partial charge < -0.3 is 10.0 Å². The summed E-state index contributed by atoms with van der Waals surface area (Å²) in [6, 6.07) is 3.08. The van der Waals surface area contributed by atoms with Crippen molar-refractivity contribution in [1.29, 1.82) is 0 Å². The van der Waals surface area contributed by atoms with Gasteiger partial charge in [-0.05, 0) is 6.07 Å². The number of aromatic carboxylic acids is 1. The van der Waals surface area contributed by atoms with Crippen LogP contribution in [0, 0.1) is 10.1 Å². The third-order valence-electron chi connectivity index (χ3n) is 3.09. The van der Waals surface area contributed by atoms with Crippen molar-refractivity contribution in [2.75, 3.05) is 24.6 Å². The molecule has 1 aromatic rings. The number of carboxylic acids is 1. The molecule has 0 bridgehead atoms. The number of nitrogens with zero attached hydrogens (tertiary/aromatic N) is 2. The van der Waals surface area contributed by atoms with Gasteiger partial charge in [0, 0.05) is 53.1 Å². The van der Waals surface area contributed by atoms with Crippen molar-refractivity contribution in [3.8, 4) is 0 Å². The first-order chi connectivity index (χ1) is 9.88. The molecule has 1 aliphatic heterocycles. The van der Waals surface area contributed by atoms with Crippen LogP contribution in [0.2, 0.25) is 0 Å². The van der Waals surface area contributed by atoms with Gasteiger partial charge in [-0.2, -0.15) is 0 Å². The molecule has 1 fully saturated rings. The van der Waals surface area contributed by atoms with Gasteiger partial charge in [0.05, 0.1) is 10.5 Å². The molecule has 2 rings (SSSR count). The number of carbonyl (C=O) groups is 2. The van der Waals surface area contributed by atoms with Gasteiger partial charge in [0.2, 0.25) is 0 Å². The second kappa shape index (κ2) is 6.00. The molecular weight excluding hydrogens is 300 g/mol. The first kappa shape index (κ1) is 15.1. The third kappa shape index (κ3) is 3.43. The van der Waals surface area contributed by atoms with Crippen LogP contribution >= 0.6 is 0 Å². The lowest BCUT2D eigenvalue weighted by atomic mass is 10.1. The van der Waals surface area contributed by atoms with E-state index in [0.29, 0.717) is 11.5 Å². The van der Waals surface area contributed by atoms with Gasteiger partial charge >= 0.3 is 5.97 Å². The molecule has 112 valence electrons. The largest absolute Gasteiger partial charge is 0.478 e. The number of rotatable bonds is 3. The minimum absolute atomic E-state index is 0.0470. The van der Waals surface area contributed by atoms with E-state index in [2.05, 4.69) is 0 Å². The Balaban J connectivity index is 2.33. The lowest BCUT2D eigenvalue weighted by Crippen LogP contribution is -2.41. The number of amides is 1. The van der Waals surface area contributed by atoms with E-state index in [-0.39, 0.29) is 24.2 Å². The molecule has 0 spiro atoms. The molecule has 1 aromatic carbocycles. The standard InChI is InChI=1S/C12H12N2O6S/c15-11(13-1-3-21(20)4-2-13)8-5-9(12(16)17)7-10(6-8)14(18)19/h5-7H,1-4H2,(H,16,17). The number of hydrogen-bond donors (Lipinski definition) is 1. The fraction of sp³-hybridized carbons (Fsp3) is 0.333. The molecule has 0 aromatic heterocycles. The maximum Gasteiger partial charge on any atom is 0.335 e. The number of carbonyl (C=O) groups excluding carboxylic acids is 1. The Hall–Kier alpha value is -2.29. The number of nitro benzene ring substituents is 1. The van der Waals surface area contributed by atoms with Crippen LogP contribution in [0.25, 0.3) is 0 Å². The van der Waals surface area contributed by atoms with Gasteiger partial charge in [-0.1, -0.05) is 0 Å². The van der Waals surface area contributed by atoms with E-state index in [1.807, 2.05) is 0 Å². The van der Waals surface area contributed by atoms with E-state index in [4.69, 9.17) is 5.11 Å². The minimum atomic E-state index is -1.34. The molecule has 0 unspecified atom stereocenters. The highest BCUT2D eigenvalue weighted by molar-refractivity contribution is 7.85. The van der Waals surface area contributed by atoms with Crippen LogP contribution in [-0.2, 0) is 10.8 Å². The lowest BCUT2D eigenvalue weighted by molar-refractivity contribution is -0.384. The molecule has 1 heterocycles. The van der Waals surface area contributed by atoms with Gasteiger partial charge in [-0.25, -0.2) is 4.79 Å². The topological polar surface area (TPSA) is 118 Å². The Morgan fingerprint density at radius 1 is 1.19 bits per heavy atom. The Morgan fingerprint density at radius 3 is 2.29 bits per heavy atom. The van der Waals surface area contributed by atoms with Gasteiger partial charge in [-0.15, -0.1) is 0 Å². The Kier molecular flexibility index (Phi) is 4.32. The lowest BCUT2D eigenvalue weighted by Gasteiger charge is -2.26. The zero-order valence-electron chi connectivity index (χ0n) is 10.9. The van der Waals surface area contributed by atoms with Crippen molar-refractivity contribution in [3.63, 3.8) is 0 Å². The van der Waals surface area contributed by atoms with E-state index >= 15 is 0 Å². The number of non-ortho nitro benzene ring substituents is 1. The van der Waals surface area contributed by atoms with Crippen LogP contribution in [-0.4, -0.2) is 55.6 Å². The summed E-state index contributed by atoms with van der Waals surface area (Å²) in [6.07, 6.45) is 0. The van der Waals surface area contributed by atoms with E-state index in [9.17, 15) is 23.9 Å². The van der Waals surface area contributed by atoms with Crippen molar-refractivity contribution in [2.45, 2.75) is 0 Å². The quantitative estimate of drug-likeness (QED) is 0.641. The first-order valence-corrected chi connectivity index (χ1v) is 7.54. The van der Waals surface area contributed by atoms with Crippen LogP contribution in [0.5, 0.6) is 0 Å². The predicted molar refractivity (Wildman–Crippen MR) is 73.8 cm³/mol. The smallest absolute Gasteiger partial charge is 0.335 e. The van der Waals surface area contributed by atoms with Crippen molar-refractivity contribution in [3.05, 3.63) is 39.4 Å². The van der Waals surface area contributed by atoms with Crippen LogP contribution in [0.3, 0.4) is 0 Å². The van der Waals surface area contributed by atoms with Crippen molar-refractivity contribution in [2.24, 2.45) is 0 Å². The zero-order chi connectivity index (χ0) is 15.6. The molecule has 0 radical (unpaired) electrons. The molecule has 1 saturated heterocycles. The summed E-state index contributed by atoms with van der Waals surface area (Å²) >= 11 is 0. The second-order valence-corrected chi connectivity index (χ2v) is 6.17. The normalized spacial score (nSPS) is 15.7. The zero-order valence-corrected chi connectivity index (χ0v) is 11.7. The summed E-state index contributed by atoms with van der Waals surface area (Å²) in [7, 11) is -0.954. The van der Waals surface area contributed by atoms with Crippen molar-refractivity contribution < 1.29 is 23.8 Å². The monoisotopic (exact) mass is 312 g/mol. The van der Waals surface area contributed by atoms with Gasteiger partial charge in [-0.3, -0.25) is 19.1 Å². The Labute approximate surface area is 122 Å². The highest BCUT2D eigenvalue weighted by Gasteiger charge is 2.24. The van der Waals surface area contributed by atoms with Gasteiger partial charge in [0.1, 0.15) is 0 Å². The van der Waals surface area contributed by atoms with E-state index in [1.165, 1.54) is 4.90 Å². The van der Waals surface area contributed by atoms with Crippen LogP contribution in [0.4, 0.5) is 5.69 Å².